The zero-order valence-corrected chi connectivity index (χ0v) is 32.2. The van der Waals surface area contributed by atoms with E-state index in [0.717, 1.165) is 42.4 Å². The first-order chi connectivity index (χ1) is 24.1. The summed E-state index contributed by atoms with van der Waals surface area (Å²) in [6.45, 7) is 13.5. The number of hydrogen-bond acceptors (Lipinski definition) is 8. The van der Waals surface area contributed by atoms with E-state index in [9.17, 15) is 30.0 Å². The molecule has 8 nitrogen and oxygen atoms in total. The van der Waals surface area contributed by atoms with Gasteiger partial charge in [-0.3, -0.25) is 4.79 Å². The van der Waals surface area contributed by atoms with Crippen LogP contribution in [-0.4, -0.2) is 69.0 Å². The van der Waals surface area contributed by atoms with Gasteiger partial charge in [0.25, 0.3) is 0 Å². The minimum atomic E-state index is -0.609. The summed E-state index contributed by atoms with van der Waals surface area (Å²) in [6.07, 6.45) is 23.3. The van der Waals surface area contributed by atoms with Crippen molar-refractivity contribution in [3.63, 3.8) is 0 Å². The van der Waals surface area contributed by atoms with E-state index < -0.39 is 24.4 Å². The lowest BCUT2D eigenvalue weighted by molar-refractivity contribution is -0.151. The maximum atomic E-state index is 12.9. The Morgan fingerprint density at radius 3 is 2.39 bits per heavy atom. The van der Waals surface area contributed by atoms with Gasteiger partial charge in [-0.1, -0.05) is 86.6 Å². The summed E-state index contributed by atoms with van der Waals surface area (Å²) >= 11 is 0. The van der Waals surface area contributed by atoms with Crippen LogP contribution in [0.2, 0.25) is 0 Å². The Hall–Kier alpha value is -3.04. The third kappa shape index (κ3) is 18.9. The summed E-state index contributed by atoms with van der Waals surface area (Å²) in [5, 5.41) is 39.3. The number of hydrogen-bond donors (Lipinski definition) is 4. The van der Waals surface area contributed by atoms with Gasteiger partial charge in [-0.25, -0.2) is 4.79 Å². The highest BCUT2D eigenvalue weighted by Gasteiger charge is 2.25. The summed E-state index contributed by atoms with van der Waals surface area (Å²) in [7, 11) is 0. The molecule has 0 spiro atoms. The highest BCUT2D eigenvalue weighted by Crippen LogP contribution is 2.27. The molecule has 0 aromatic heterocycles. The van der Waals surface area contributed by atoms with E-state index in [2.05, 4.69) is 38.2 Å². The number of ether oxygens (including phenoxy) is 2. The Bertz CT molecular complexity index is 1300. The van der Waals surface area contributed by atoms with Crippen LogP contribution in [0.4, 0.5) is 0 Å². The molecule has 2 aliphatic rings. The zero-order valence-electron chi connectivity index (χ0n) is 32.2. The third-order valence-electron chi connectivity index (χ3n) is 9.61. The fourth-order valence-electron chi connectivity index (χ4n) is 6.56. The van der Waals surface area contributed by atoms with E-state index in [-0.39, 0.29) is 48.3 Å². The van der Waals surface area contributed by atoms with Crippen LogP contribution >= 0.6 is 0 Å². The van der Waals surface area contributed by atoms with Gasteiger partial charge in [0.05, 0.1) is 24.4 Å². The smallest absolute Gasteiger partial charge is 0.331 e. The number of aliphatic hydroxyl groups is 4. The van der Waals surface area contributed by atoms with Crippen molar-refractivity contribution in [2.75, 3.05) is 0 Å². The molecule has 8 heteroatoms. The third-order valence-corrected chi connectivity index (χ3v) is 9.61. The number of aliphatic hydroxyl groups excluding tert-OH is 4. The number of carbonyl (C=O) groups excluding carboxylic acids is 2. The van der Waals surface area contributed by atoms with Crippen molar-refractivity contribution in [3.8, 4) is 0 Å². The van der Waals surface area contributed by atoms with Crippen LogP contribution in [0.5, 0.6) is 0 Å². The lowest BCUT2D eigenvalue weighted by atomic mass is 9.90. The van der Waals surface area contributed by atoms with Crippen LogP contribution in [-0.2, 0) is 19.1 Å². The van der Waals surface area contributed by atoms with Gasteiger partial charge < -0.3 is 29.9 Å². The van der Waals surface area contributed by atoms with Crippen LogP contribution in [0.3, 0.4) is 0 Å². The van der Waals surface area contributed by atoms with Gasteiger partial charge in [0, 0.05) is 24.8 Å². The molecular formula is C43H66O8. The molecule has 0 bridgehead atoms. The molecule has 1 aliphatic heterocycles. The summed E-state index contributed by atoms with van der Waals surface area (Å²) in [5.41, 5.74) is 4.40. The molecule has 0 aromatic rings. The summed E-state index contributed by atoms with van der Waals surface area (Å²) in [4.78, 5) is 25.7. The molecule has 0 aromatic carbocycles. The molecule has 9 atom stereocenters. The van der Waals surface area contributed by atoms with E-state index in [0.29, 0.717) is 38.5 Å². The average Bonchev–Trinajstić information content (AvgIpc) is 3.49. The number of rotatable bonds is 16. The van der Waals surface area contributed by atoms with Crippen molar-refractivity contribution >= 4 is 11.9 Å². The predicted octanol–water partition coefficient (Wildman–Crippen LogP) is 7.93. The molecule has 2 rings (SSSR count). The molecule has 1 heterocycles. The second kappa shape index (κ2) is 23.5. The largest absolute Gasteiger partial charge is 0.462 e. The second-order valence-electron chi connectivity index (χ2n) is 15.1. The molecule has 286 valence electrons. The van der Waals surface area contributed by atoms with E-state index in [1.165, 1.54) is 11.6 Å². The van der Waals surface area contributed by atoms with E-state index in [1.54, 1.807) is 13.8 Å². The highest BCUT2D eigenvalue weighted by atomic mass is 16.5. The van der Waals surface area contributed by atoms with Gasteiger partial charge in [-0.2, -0.15) is 0 Å². The standard InChI is InChI=1S/C43H66O8/c1-29(18-22-38(46)26-34(6)44)12-10-14-36-19-20-37(28-36)21-23-43(49)50-40-16-11-17-42(48)51-41(15-9-8-13-31(40)3)33(5)25-30(2)24-32(4)39(47)27-35(7)45/h8-10,12,14,18,21,23-24,28,31-35,38-41,44-47H,11,13,15-17,19-20,22,25-27H2,1-7H3/b9-8+,12-10+,23-21+,29-18+,30-24+,36-14+. The van der Waals surface area contributed by atoms with Crippen molar-refractivity contribution in [2.24, 2.45) is 17.8 Å². The van der Waals surface area contributed by atoms with E-state index in [1.807, 2.05) is 51.2 Å². The molecule has 51 heavy (non-hydrogen) atoms. The van der Waals surface area contributed by atoms with Gasteiger partial charge in [0.1, 0.15) is 12.2 Å². The van der Waals surface area contributed by atoms with Crippen LogP contribution < -0.4 is 0 Å². The maximum absolute atomic E-state index is 12.9. The molecule has 0 fully saturated rings. The Kier molecular flexibility index (Phi) is 20.3. The first-order valence-electron chi connectivity index (χ1n) is 19.0. The second-order valence-corrected chi connectivity index (χ2v) is 15.1. The molecule has 0 saturated heterocycles. The summed E-state index contributed by atoms with van der Waals surface area (Å²) < 4.78 is 11.9. The summed E-state index contributed by atoms with van der Waals surface area (Å²) in [6, 6.07) is 0. The first kappa shape index (κ1) is 44.1. The Balaban J connectivity index is 1.92. The van der Waals surface area contributed by atoms with Crippen molar-refractivity contribution in [3.05, 3.63) is 83.1 Å². The highest BCUT2D eigenvalue weighted by molar-refractivity contribution is 5.82. The van der Waals surface area contributed by atoms with Crippen molar-refractivity contribution in [1.82, 2.24) is 0 Å². The van der Waals surface area contributed by atoms with Crippen LogP contribution in [0.1, 0.15) is 119 Å². The topological polar surface area (TPSA) is 134 Å². The van der Waals surface area contributed by atoms with Gasteiger partial charge in [-0.05, 0) is 108 Å². The van der Waals surface area contributed by atoms with E-state index >= 15 is 0 Å². The molecular weight excluding hydrogens is 644 g/mol. The Morgan fingerprint density at radius 2 is 1.69 bits per heavy atom. The lowest BCUT2D eigenvalue weighted by Crippen LogP contribution is -2.27. The van der Waals surface area contributed by atoms with Gasteiger partial charge in [0.2, 0.25) is 0 Å². The van der Waals surface area contributed by atoms with Crippen molar-refractivity contribution < 1.29 is 39.5 Å². The minimum Gasteiger partial charge on any atom is -0.462 e. The molecule has 1 aliphatic carbocycles. The molecule has 0 radical (unpaired) electrons. The lowest BCUT2D eigenvalue weighted by Gasteiger charge is -2.26. The van der Waals surface area contributed by atoms with Crippen molar-refractivity contribution in [2.45, 2.75) is 156 Å². The van der Waals surface area contributed by atoms with Crippen LogP contribution in [0.15, 0.2) is 83.1 Å². The fourth-order valence-corrected chi connectivity index (χ4v) is 6.56. The van der Waals surface area contributed by atoms with Gasteiger partial charge >= 0.3 is 11.9 Å². The number of esters is 2. The molecule has 9 unspecified atom stereocenters. The minimum absolute atomic E-state index is 0.0820. The van der Waals surface area contributed by atoms with Crippen LogP contribution in [0.25, 0.3) is 0 Å². The fraction of sp³-hybridized carbons (Fsp3) is 0.628. The van der Waals surface area contributed by atoms with Crippen molar-refractivity contribution in [1.29, 1.82) is 0 Å². The van der Waals surface area contributed by atoms with Crippen LogP contribution in [0, 0.1) is 17.8 Å². The summed E-state index contributed by atoms with van der Waals surface area (Å²) in [5.74, 6) is -0.524. The zero-order chi connectivity index (χ0) is 37.9. The molecule has 0 saturated carbocycles. The van der Waals surface area contributed by atoms with E-state index in [4.69, 9.17) is 9.47 Å². The number of carbonyl (C=O) groups is 2. The Morgan fingerprint density at radius 1 is 0.980 bits per heavy atom. The Labute approximate surface area is 307 Å². The first-order valence-corrected chi connectivity index (χ1v) is 19.0. The van der Waals surface area contributed by atoms with Gasteiger partial charge in [-0.15, -0.1) is 0 Å². The quantitative estimate of drug-likeness (QED) is 0.0550. The molecule has 4 N–H and O–H groups in total. The normalized spacial score (nSPS) is 26.5. The predicted molar refractivity (Wildman–Crippen MR) is 205 cm³/mol. The molecule has 0 amide bonds. The maximum Gasteiger partial charge on any atom is 0.331 e. The average molecular weight is 711 g/mol. The number of cyclic esters (lactones) is 1. The van der Waals surface area contributed by atoms with Gasteiger partial charge in [0.15, 0.2) is 0 Å². The number of allylic oxidation sites excluding steroid dienone is 10. The SMILES string of the molecule is CC(/C=C/C=C1C=C(/C=C/C(=O)OC2CCCC(=O)OC(C(C)C/C(C)=C/C(C)C(O)CC(C)O)C/C=C/CC2C)CC/1)=C\CC(O)CC(C)O. The monoisotopic (exact) mass is 710 g/mol.